The average Bonchev–Trinajstić information content (AvgIpc) is 2.47. The van der Waals surface area contributed by atoms with E-state index in [1.807, 2.05) is 31.3 Å². The van der Waals surface area contributed by atoms with Gasteiger partial charge in [0.25, 0.3) is 0 Å². The highest BCUT2D eigenvalue weighted by Gasteiger charge is 2.17. The van der Waals surface area contributed by atoms with Crippen LogP contribution in [0.25, 0.3) is 0 Å². The first-order valence-electron chi connectivity index (χ1n) is 6.57. The number of anilines is 1. The second kappa shape index (κ2) is 6.24. The van der Waals surface area contributed by atoms with Crippen LogP contribution in [0.3, 0.4) is 0 Å². The van der Waals surface area contributed by atoms with Gasteiger partial charge in [0.05, 0.1) is 17.1 Å². The molecule has 0 radical (unpaired) electrons. The Morgan fingerprint density at radius 1 is 1.19 bits per heavy atom. The van der Waals surface area contributed by atoms with Gasteiger partial charge in [-0.25, -0.2) is 12.7 Å². The molecule has 0 aliphatic rings. The van der Waals surface area contributed by atoms with Gasteiger partial charge in [-0.3, -0.25) is 4.98 Å². The average molecular weight is 305 g/mol. The Morgan fingerprint density at radius 3 is 2.57 bits per heavy atom. The fourth-order valence-corrected chi connectivity index (χ4v) is 2.72. The van der Waals surface area contributed by atoms with E-state index in [2.05, 4.69) is 10.3 Å². The Kier molecular flexibility index (Phi) is 4.59. The number of hydrogen-bond donors (Lipinski definition) is 1. The van der Waals surface area contributed by atoms with Gasteiger partial charge in [0.2, 0.25) is 10.0 Å². The lowest BCUT2D eigenvalue weighted by Crippen LogP contribution is -2.22. The molecule has 0 saturated heterocycles. The zero-order valence-corrected chi connectivity index (χ0v) is 13.2. The number of benzene rings is 1. The summed E-state index contributed by atoms with van der Waals surface area (Å²) in [4.78, 5) is 4.58. The highest BCUT2D eigenvalue weighted by atomic mass is 32.2. The van der Waals surface area contributed by atoms with Gasteiger partial charge in [0.1, 0.15) is 0 Å². The summed E-state index contributed by atoms with van der Waals surface area (Å²) < 4.78 is 25.4. The van der Waals surface area contributed by atoms with E-state index in [0.717, 1.165) is 16.9 Å². The van der Waals surface area contributed by atoms with Crippen molar-refractivity contribution in [3.8, 4) is 0 Å². The lowest BCUT2D eigenvalue weighted by molar-refractivity contribution is 0.521. The maximum absolute atomic E-state index is 12.1. The lowest BCUT2D eigenvalue weighted by Gasteiger charge is -2.13. The van der Waals surface area contributed by atoms with E-state index in [-0.39, 0.29) is 4.90 Å². The molecule has 0 fully saturated rings. The molecule has 21 heavy (non-hydrogen) atoms. The topological polar surface area (TPSA) is 62.3 Å². The predicted molar refractivity (Wildman–Crippen MR) is 83.6 cm³/mol. The normalized spacial score (nSPS) is 11.6. The Hall–Kier alpha value is -1.92. The first-order valence-corrected chi connectivity index (χ1v) is 8.01. The monoisotopic (exact) mass is 305 g/mol. The molecule has 5 nitrogen and oxygen atoms in total. The molecule has 112 valence electrons. The summed E-state index contributed by atoms with van der Waals surface area (Å²) in [7, 11) is -0.371. The molecular formula is C15H19N3O2S. The molecule has 0 saturated carbocycles. The maximum atomic E-state index is 12.1. The third-order valence-electron chi connectivity index (χ3n) is 3.06. The summed E-state index contributed by atoms with van der Waals surface area (Å²) in [6.07, 6.45) is 1.81. The molecule has 1 aromatic heterocycles. The minimum Gasteiger partial charge on any atom is -0.379 e. The van der Waals surface area contributed by atoms with Crippen LogP contribution in [-0.2, 0) is 16.6 Å². The van der Waals surface area contributed by atoms with Crippen molar-refractivity contribution in [1.82, 2.24) is 9.29 Å². The SMILES string of the molecule is Cc1ccc(CNc2cccc(S(=O)(=O)N(C)C)c2)nc1. The predicted octanol–water partition coefficient (Wildman–Crippen LogP) is 2.25. The highest BCUT2D eigenvalue weighted by molar-refractivity contribution is 7.89. The molecule has 0 amide bonds. The number of pyridine rings is 1. The highest BCUT2D eigenvalue weighted by Crippen LogP contribution is 2.18. The molecule has 2 aromatic rings. The van der Waals surface area contributed by atoms with Gasteiger partial charge in [-0.1, -0.05) is 12.1 Å². The van der Waals surface area contributed by atoms with Crippen molar-refractivity contribution in [2.24, 2.45) is 0 Å². The molecule has 1 heterocycles. The fraction of sp³-hybridized carbons (Fsp3) is 0.267. The number of nitrogens with one attached hydrogen (secondary N) is 1. The smallest absolute Gasteiger partial charge is 0.242 e. The maximum Gasteiger partial charge on any atom is 0.242 e. The van der Waals surface area contributed by atoms with Crippen LogP contribution in [0.15, 0.2) is 47.5 Å². The Labute approximate surface area is 125 Å². The minimum absolute atomic E-state index is 0.273. The molecular weight excluding hydrogens is 286 g/mol. The van der Waals surface area contributed by atoms with Crippen LogP contribution in [0, 0.1) is 6.92 Å². The van der Waals surface area contributed by atoms with Crippen molar-refractivity contribution in [3.63, 3.8) is 0 Å². The summed E-state index contributed by atoms with van der Waals surface area (Å²) in [5.74, 6) is 0. The molecule has 0 unspecified atom stereocenters. The second-order valence-electron chi connectivity index (χ2n) is 5.00. The van der Waals surface area contributed by atoms with Crippen molar-refractivity contribution in [3.05, 3.63) is 53.9 Å². The molecule has 0 bridgehead atoms. The molecule has 2 rings (SSSR count). The molecule has 6 heteroatoms. The molecule has 1 aromatic carbocycles. The van der Waals surface area contributed by atoms with Crippen LogP contribution in [0.4, 0.5) is 5.69 Å². The van der Waals surface area contributed by atoms with Gasteiger partial charge in [0, 0.05) is 26.0 Å². The summed E-state index contributed by atoms with van der Waals surface area (Å²) in [6, 6.07) is 10.7. The Balaban J connectivity index is 2.13. The number of aromatic nitrogens is 1. The van der Waals surface area contributed by atoms with E-state index >= 15 is 0 Å². The number of aryl methyl sites for hydroxylation is 1. The van der Waals surface area contributed by atoms with Crippen molar-refractivity contribution < 1.29 is 8.42 Å². The van der Waals surface area contributed by atoms with Gasteiger partial charge in [-0.05, 0) is 36.8 Å². The number of nitrogens with zero attached hydrogens (tertiary/aromatic N) is 2. The largest absolute Gasteiger partial charge is 0.379 e. The Morgan fingerprint density at radius 2 is 1.95 bits per heavy atom. The molecule has 0 atom stereocenters. The third-order valence-corrected chi connectivity index (χ3v) is 4.87. The summed E-state index contributed by atoms with van der Waals surface area (Å²) in [6.45, 7) is 2.53. The van der Waals surface area contributed by atoms with Crippen molar-refractivity contribution in [1.29, 1.82) is 0 Å². The van der Waals surface area contributed by atoms with Crippen LogP contribution in [0.1, 0.15) is 11.3 Å². The lowest BCUT2D eigenvalue weighted by atomic mass is 10.2. The van der Waals surface area contributed by atoms with Crippen molar-refractivity contribution in [2.75, 3.05) is 19.4 Å². The second-order valence-corrected chi connectivity index (χ2v) is 7.15. The molecule has 0 spiro atoms. The summed E-state index contributed by atoms with van der Waals surface area (Å²) in [5.41, 5.74) is 2.76. The van der Waals surface area contributed by atoms with Gasteiger partial charge < -0.3 is 5.32 Å². The van der Waals surface area contributed by atoms with Crippen molar-refractivity contribution in [2.45, 2.75) is 18.4 Å². The first-order chi connectivity index (χ1) is 9.89. The summed E-state index contributed by atoms with van der Waals surface area (Å²) in [5, 5.41) is 3.19. The molecule has 1 N–H and O–H groups in total. The van der Waals surface area contributed by atoms with Crippen LogP contribution in [0.5, 0.6) is 0 Å². The standard InChI is InChI=1S/C15H19N3O2S/c1-12-7-8-14(16-10-12)11-17-13-5-4-6-15(9-13)21(19,20)18(2)3/h4-10,17H,11H2,1-3H3. The number of rotatable bonds is 5. The third kappa shape index (κ3) is 3.80. The van der Waals surface area contributed by atoms with E-state index in [0.29, 0.717) is 6.54 Å². The van der Waals surface area contributed by atoms with Gasteiger partial charge in [-0.2, -0.15) is 0 Å². The van der Waals surface area contributed by atoms with Crippen LogP contribution < -0.4 is 5.32 Å². The zero-order valence-electron chi connectivity index (χ0n) is 12.4. The Bertz CT molecular complexity index is 710. The molecule has 0 aliphatic heterocycles. The quantitative estimate of drug-likeness (QED) is 0.920. The van der Waals surface area contributed by atoms with E-state index in [4.69, 9.17) is 0 Å². The van der Waals surface area contributed by atoms with Crippen LogP contribution in [0.2, 0.25) is 0 Å². The number of hydrogen-bond acceptors (Lipinski definition) is 4. The van der Waals surface area contributed by atoms with Gasteiger partial charge in [-0.15, -0.1) is 0 Å². The van der Waals surface area contributed by atoms with Crippen LogP contribution in [-0.4, -0.2) is 31.8 Å². The molecule has 0 aliphatic carbocycles. The van der Waals surface area contributed by atoms with Gasteiger partial charge >= 0.3 is 0 Å². The van der Waals surface area contributed by atoms with E-state index in [1.54, 1.807) is 18.2 Å². The first kappa shape index (κ1) is 15.5. The van der Waals surface area contributed by atoms with E-state index < -0.39 is 10.0 Å². The summed E-state index contributed by atoms with van der Waals surface area (Å²) >= 11 is 0. The number of sulfonamides is 1. The van der Waals surface area contributed by atoms with Gasteiger partial charge in [0.15, 0.2) is 0 Å². The van der Waals surface area contributed by atoms with E-state index in [1.165, 1.54) is 18.4 Å². The van der Waals surface area contributed by atoms with E-state index in [9.17, 15) is 8.42 Å². The minimum atomic E-state index is -3.41. The fourth-order valence-electron chi connectivity index (χ4n) is 1.77. The van der Waals surface area contributed by atoms with Crippen LogP contribution >= 0.6 is 0 Å². The van der Waals surface area contributed by atoms with Crippen molar-refractivity contribution >= 4 is 15.7 Å². The zero-order chi connectivity index (χ0) is 15.5.